The van der Waals surface area contributed by atoms with Crippen LogP contribution in [0.5, 0.6) is 0 Å². The van der Waals surface area contributed by atoms with Crippen molar-refractivity contribution in [2.45, 2.75) is 39.0 Å². The molecule has 25 heavy (non-hydrogen) atoms. The number of aromatic amines is 1. The van der Waals surface area contributed by atoms with Gasteiger partial charge in [0.15, 0.2) is 5.82 Å². The Hall–Kier alpha value is -2.66. The monoisotopic (exact) mass is 345 g/mol. The number of anilines is 1. The topological polar surface area (TPSA) is 86.9 Å². The number of H-pyrrole nitrogens is 1. The van der Waals surface area contributed by atoms with Crippen LogP contribution in [0.25, 0.3) is 0 Å². The summed E-state index contributed by atoms with van der Waals surface area (Å²) in [6.07, 6.45) is 0.499. The van der Waals surface area contributed by atoms with Gasteiger partial charge in [-0.3, -0.25) is 4.57 Å². The minimum Gasteiger partial charge on any atom is -0.380 e. The van der Waals surface area contributed by atoms with E-state index in [0.29, 0.717) is 31.0 Å². The van der Waals surface area contributed by atoms with E-state index in [1.807, 2.05) is 17.9 Å². The molecule has 0 saturated carbocycles. The number of benzene rings is 1. The number of aryl methyl sites for hydroxylation is 1. The Morgan fingerprint density at radius 2 is 2.28 bits per heavy atom. The molecule has 0 spiro atoms. The van der Waals surface area contributed by atoms with E-state index >= 15 is 0 Å². The minimum absolute atomic E-state index is 0.00622. The molecule has 3 rings (SSSR count). The molecule has 2 heterocycles. The first kappa shape index (κ1) is 17.2. The van der Waals surface area contributed by atoms with Crippen LogP contribution >= 0.6 is 0 Å². The molecular weight excluding hydrogens is 325 g/mol. The molecule has 1 saturated heterocycles. The summed E-state index contributed by atoms with van der Waals surface area (Å²) in [4.78, 5) is 13.8. The number of nitrogens with one attached hydrogen (secondary N) is 1. The number of ether oxygens (including phenoxy) is 1. The number of halogens is 1. The van der Waals surface area contributed by atoms with E-state index < -0.39 is 5.82 Å². The van der Waals surface area contributed by atoms with Gasteiger partial charge in [0, 0.05) is 26.6 Å². The summed E-state index contributed by atoms with van der Waals surface area (Å²) in [5.41, 5.74) is 0.936. The first-order chi connectivity index (χ1) is 12.0. The van der Waals surface area contributed by atoms with E-state index in [9.17, 15) is 14.4 Å². The largest absolute Gasteiger partial charge is 0.380 e. The molecule has 2 aromatic rings. The predicted molar refractivity (Wildman–Crippen MR) is 89.9 cm³/mol. The highest BCUT2D eigenvalue weighted by Crippen LogP contribution is 2.38. The molecule has 1 aliphatic heterocycles. The molecule has 0 unspecified atom stereocenters. The molecule has 1 aromatic carbocycles. The van der Waals surface area contributed by atoms with Crippen molar-refractivity contribution < 1.29 is 9.13 Å². The van der Waals surface area contributed by atoms with Gasteiger partial charge in [0.2, 0.25) is 0 Å². The van der Waals surface area contributed by atoms with Crippen molar-refractivity contribution in [3.63, 3.8) is 0 Å². The highest BCUT2D eigenvalue weighted by molar-refractivity contribution is 5.63. The minimum atomic E-state index is -0.549. The van der Waals surface area contributed by atoms with Crippen LogP contribution in [-0.4, -0.2) is 34.5 Å². The number of rotatable bonds is 4. The molecule has 1 aliphatic rings. The number of hydrogen-bond acceptors (Lipinski definition) is 5. The highest BCUT2D eigenvalue weighted by atomic mass is 19.1. The third kappa shape index (κ3) is 2.91. The summed E-state index contributed by atoms with van der Waals surface area (Å²) in [6, 6.07) is 4.80. The summed E-state index contributed by atoms with van der Waals surface area (Å²) < 4.78 is 21.3. The maximum Gasteiger partial charge on any atom is 0.343 e. The second-order valence-electron chi connectivity index (χ2n) is 6.15. The van der Waals surface area contributed by atoms with Gasteiger partial charge in [0.1, 0.15) is 17.4 Å². The van der Waals surface area contributed by atoms with Crippen LogP contribution in [0.3, 0.4) is 0 Å². The molecule has 1 aromatic heterocycles. The number of aromatic nitrogens is 3. The van der Waals surface area contributed by atoms with E-state index in [4.69, 9.17) is 4.74 Å². The van der Waals surface area contributed by atoms with Gasteiger partial charge in [0.25, 0.3) is 0 Å². The molecule has 1 N–H and O–H groups in total. The number of methoxy groups -OCH3 is 1. The molecule has 0 amide bonds. The predicted octanol–water partition coefficient (Wildman–Crippen LogP) is 1.88. The summed E-state index contributed by atoms with van der Waals surface area (Å²) >= 11 is 0. The molecule has 0 radical (unpaired) electrons. The Labute approximate surface area is 144 Å². The van der Waals surface area contributed by atoms with Crippen molar-refractivity contribution >= 4 is 5.69 Å². The van der Waals surface area contributed by atoms with E-state index in [0.717, 1.165) is 5.56 Å². The summed E-state index contributed by atoms with van der Waals surface area (Å²) in [5, 5.41) is 16.0. The maximum atomic E-state index is 14.3. The zero-order valence-electron chi connectivity index (χ0n) is 14.4. The molecule has 2 atom stereocenters. The lowest BCUT2D eigenvalue weighted by atomic mass is 10.1. The zero-order chi connectivity index (χ0) is 18.1. The van der Waals surface area contributed by atoms with Crippen LogP contribution in [-0.2, 0) is 11.3 Å². The van der Waals surface area contributed by atoms with Crippen LogP contribution < -0.4 is 10.6 Å². The number of nitriles is 1. The van der Waals surface area contributed by atoms with Crippen molar-refractivity contribution in [1.29, 1.82) is 5.26 Å². The van der Waals surface area contributed by atoms with Gasteiger partial charge in [-0.05, 0) is 31.5 Å². The Morgan fingerprint density at radius 3 is 2.92 bits per heavy atom. The smallest absolute Gasteiger partial charge is 0.343 e. The van der Waals surface area contributed by atoms with Gasteiger partial charge >= 0.3 is 5.69 Å². The first-order valence-electron chi connectivity index (χ1n) is 8.14. The van der Waals surface area contributed by atoms with E-state index in [-0.39, 0.29) is 23.4 Å². The Balaban J connectivity index is 2.13. The number of hydrogen-bond donors (Lipinski definition) is 1. The second-order valence-corrected chi connectivity index (χ2v) is 6.15. The molecule has 132 valence electrons. The van der Waals surface area contributed by atoms with Crippen molar-refractivity contribution in [1.82, 2.24) is 14.8 Å². The number of nitrogens with zero attached hydrogens (tertiary/aromatic N) is 4. The van der Waals surface area contributed by atoms with Crippen LogP contribution in [0, 0.1) is 24.1 Å². The summed E-state index contributed by atoms with van der Waals surface area (Å²) in [7, 11) is 1.62. The van der Waals surface area contributed by atoms with Crippen molar-refractivity contribution in [3.05, 3.63) is 45.4 Å². The lowest BCUT2D eigenvalue weighted by Gasteiger charge is -2.27. The van der Waals surface area contributed by atoms with Crippen molar-refractivity contribution in [2.75, 3.05) is 18.6 Å². The Bertz CT molecular complexity index is 882. The van der Waals surface area contributed by atoms with Crippen molar-refractivity contribution in [3.8, 4) is 6.07 Å². The molecule has 8 heteroatoms. The third-order valence-corrected chi connectivity index (χ3v) is 4.63. The van der Waals surface area contributed by atoms with E-state index in [1.165, 1.54) is 6.07 Å². The molecule has 1 fully saturated rings. The standard InChI is InChI=1S/C17H20FN5O2/c1-4-22-16(20-21-17(22)24)15-7-11(25-3)9-23(15)14-6-10(2)5-13(18)12(14)8-19/h5-6,11,15H,4,7,9H2,1-3H3,(H,21,24)/t11-,15-/m0/s1. The lowest BCUT2D eigenvalue weighted by Crippen LogP contribution is -2.29. The fourth-order valence-electron chi connectivity index (χ4n) is 3.43. The van der Waals surface area contributed by atoms with Crippen LogP contribution in [0.2, 0.25) is 0 Å². The van der Waals surface area contributed by atoms with Gasteiger partial charge in [0.05, 0.1) is 17.8 Å². The van der Waals surface area contributed by atoms with E-state index in [2.05, 4.69) is 10.2 Å². The van der Waals surface area contributed by atoms with Gasteiger partial charge < -0.3 is 9.64 Å². The average Bonchev–Trinajstić information content (AvgIpc) is 3.16. The lowest BCUT2D eigenvalue weighted by molar-refractivity contribution is 0.118. The third-order valence-electron chi connectivity index (χ3n) is 4.63. The van der Waals surface area contributed by atoms with Crippen LogP contribution in [0.4, 0.5) is 10.1 Å². The Kier molecular flexibility index (Phi) is 4.59. The normalized spacial score (nSPS) is 20.0. The average molecular weight is 345 g/mol. The molecule has 0 aliphatic carbocycles. The zero-order valence-corrected chi connectivity index (χ0v) is 14.4. The Morgan fingerprint density at radius 1 is 1.52 bits per heavy atom. The van der Waals surface area contributed by atoms with Crippen LogP contribution in [0.15, 0.2) is 16.9 Å². The van der Waals surface area contributed by atoms with Crippen LogP contribution in [0.1, 0.15) is 36.3 Å². The van der Waals surface area contributed by atoms with E-state index in [1.54, 1.807) is 24.7 Å². The highest BCUT2D eigenvalue weighted by Gasteiger charge is 2.38. The van der Waals surface area contributed by atoms with Crippen molar-refractivity contribution in [2.24, 2.45) is 0 Å². The fourth-order valence-corrected chi connectivity index (χ4v) is 3.43. The fraction of sp³-hybridized carbons (Fsp3) is 0.471. The summed E-state index contributed by atoms with van der Waals surface area (Å²) in [6.45, 7) is 4.60. The van der Waals surface area contributed by atoms with Gasteiger partial charge in [-0.15, -0.1) is 0 Å². The van der Waals surface area contributed by atoms with Gasteiger partial charge in [-0.2, -0.15) is 10.4 Å². The van der Waals surface area contributed by atoms with Gasteiger partial charge in [-0.1, -0.05) is 0 Å². The molecular formula is C17H20FN5O2. The van der Waals surface area contributed by atoms with Gasteiger partial charge in [-0.25, -0.2) is 14.3 Å². The quantitative estimate of drug-likeness (QED) is 0.914. The molecule has 0 bridgehead atoms. The first-order valence-corrected chi connectivity index (χ1v) is 8.14. The maximum absolute atomic E-state index is 14.3. The molecule has 7 nitrogen and oxygen atoms in total. The second kappa shape index (κ2) is 6.69. The summed E-state index contributed by atoms with van der Waals surface area (Å²) in [5.74, 6) is 0.0184. The SMILES string of the molecule is CCn1c([C@@H]2C[C@H](OC)CN2c2cc(C)cc(F)c2C#N)n[nH]c1=O.